The largest absolute Gasteiger partial charge is 0.493 e. The second-order valence-corrected chi connectivity index (χ2v) is 5.30. The van der Waals surface area contributed by atoms with Crippen molar-refractivity contribution in [1.82, 2.24) is 5.32 Å². The van der Waals surface area contributed by atoms with Gasteiger partial charge in [-0.25, -0.2) is 4.99 Å². The van der Waals surface area contributed by atoms with Gasteiger partial charge in [-0.05, 0) is 31.2 Å². The molecule has 7 nitrogen and oxygen atoms in total. The number of methoxy groups -OCH3 is 2. The Balaban J connectivity index is 2.03. The number of carbonyl (C=O) groups excluding carboxylic acids is 1. The maximum absolute atomic E-state index is 12.0. The second kappa shape index (κ2) is 9.93. The molecule has 0 aliphatic carbocycles. The van der Waals surface area contributed by atoms with Gasteiger partial charge in [0.25, 0.3) is 0 Å². The van der Waals surface area contributed by atoms with Crippen LogP contribution in [0.5, 0.6) is 11.5 Å². The second-order valence-electron chi connectivity index (χ2n) is 5.30. The average Bonchev–Trinajstić information content (AvgIpc) is 2.67. The first-order valence-electron chi connectivity index (χ1n) is 8.28. The topological polar surface area (TPSA) is 84.0 Å². The smallest absolute Gasteiger partial charge is 0.246 e. The van der Waals surface area contributed by atoms with Gasteiger partial charge in [-0.3, -0.25) is 4.79 Å². The number of amides is 1. The van der Waals surface area contributed by atoms with Gasteiger partial charge in [0.15, 0.2) is 17.5 Å². The van der Waals surface area contributed by atoms with Crippen LogP contribution in [0.2, 0.25) is 0 Å². The van der Waals surface area contributed by atoms with E-state index >= 15 is 0 Å². The fourth-order valence-electron chi connectivity index (χ4n) is 2.23. The molecule has 0 spiro atoms. The number of hydrogen-bond acceptors (Lipinski definition) is 4. The predicted molar refractivity (Wildman–Crippen MR) is 104 cm³/mol. The number of hydrogen-bond donors (Lipinski definition) is 3. The van der Waals surface area contributed by atoms with Crippen LogP contribution in [0.4, 0.5) is 11.4 Å². The van der Waals surface area contributed by atoms with Crippen LogP contribution in [-0.4, -0.2) is 39.2 Å². The van der Waals surface area contributed by atoms with Crippen molar-refractivity contribution < 1.29 is 14.3 Å². The highest BCUT2D eigenvalue weighted by Gasteiger charge is 2.07. The highest BCUT2D eigenvalue weighted by molar-refractivity contribution is 5.97. The summed E-state index contributed by atoms with van der Waals surface area (Å²) in [6, 6.07) is 14.7. The minimum atomic E-state index is -0.194. The molecule has 0 saturated carbocycles. The van der Waals surface area contributed by atoms with Crippen molar-refractivity contribution in [3.63, 3.8) is 0 Å². The van der Waals surface area contributed by atoms with Gasteiger partial charge in [-0.2, -0.15) is 0 Å². The van der Waals surface area contributed by atoms with Crippen LogP contribution in [-0.2, 0) is 4.79 Å². The molecule has 26 heavy (non-hydrogen) atoms. The summed E-state index contributed by atoms with van der Waals surface area (Å²) >= 11 is 0. The van der Waals surface area contributed by atoms with Gasteiger partial charge in [-0.1, -0.05) is 18.2 Å². The van der Waals surface area contributed by atoms with Crippen molar-refractivity contribution in [3.05, 3.63) is 48.5 Å². The summed E-state index contributed by atoms with van der Waals surface area (Å²) in [4.78, 5) is 16.4. The fraction of sp³-hybridized carbons (Fsp3) is 0.263. The lowest BCUT2D eigenvalue weighted by Crippen LogP contribution is -2.31. The van der Waals surface area contributed by atoms with Crippen molar-refractivity contribution in [2.75, 3.05) is 37.9 Å². The fourth-order valence-corrected chi connectivity index (χ4v) is 2.23. The van der Waals surface area contributed by atoms with Gasteiger partial charge in [0.2, 0.25) is 5.91 Å². The number of ether oxygens (including phenoxy) is 2. The zero-order valence-corrected chi connectivity index (χ0v) is 15.2. The van der Waals surface area contributed by atoms with Gasteiger partial charge in [0, 0.05) is 24.0 Å². The van der Waals surface area contributed by atoms with Crippen molar-refractivity contribution in [2.45, 2.75) is 6.92 Å². The molecule has 0 saturated heterocycles. The van der Waals surface area contributed by atoms with Crippen molar-refractivity contribution in [3.8, 4) is 11.5 Å². The summed E-state index contributed by atoms with van der Waals surface area (Å²) in [5.74, 6) is 1.56. The Labute approximate surface area is 153 Å². The van der Waals surface area contributed by atoms with Crippen molar-refractivity contribution in [1.29, 1.82) is 0 Å². The number of para-hydroxylation sites is 1. The molecule has 0 aliphatic heterocycles. The Morgan fingerprint density at radius 2 is 1.69 bits per heavy atom. The highest BCUT2D eigenvalue weighted by Crippen LogP contribution is 2.29. The normalized spacial score (nSPS) is 10.8. The summed E-state index contributed by atoms with van der Waals surface area (Å²) in [7, 11) is 3.16. The minimum Gasteiger partial charge on any atom is -0.493 e. The van der Waals surface area contributed by atoms with Crippen LogP contribution in [0.3, 0.4) is 0 Å². The van der Waals surface area contributed by atoms with E-state index in [1.54, 1.807) is 26.4 Å². The number of carbonyl (C=O) groups is 1. The monoisotopic (exact) mass is 356 g/mol. The van der Waals surface area contributed by atoms with Gasteiger partial charge in [0.1, 0.15) is 6.54 Å². The lowest BCUT2D eigenvalue weighted by atomic mass is 10.3. The number of nitrogens with zero attached hydrogens (tertiary/aromatic N) is 1. The summed E-state index contributed by atoms with van der Waals surface area (Å²) in [6.07, 6.45) is 0. The van der Waals surface area contributed by atoms with Crippen LogP contribution in [0, 0.1) is 0 Å². The van der Waals surface area contributed by atoms with Crippen molar-refractivity contribution in [2.24, 2.45) is 4.99 Å². The van der Waals surface area contributed by atoms with Gasteiger partial charge in [-0.15, -0.1) is 0 Å². The molecule has 0 heterocycles. The Morgan fingerprint density at radius 1 is 0.962 bits per heavy atom. The number of anilines is 2. The molecule has 1 amide bonds. The lowest BCUT2D eigenvalue weighted by Gasteiger charge is -2.13. The zero-order chi connectivity index (χ0) is 18.8. The third-order valence-corrected chi connectivity index (χ3v) is 3.43. The molecule has 0 aromatic heterocycles. The van der Waals surface area contributed by atoms with Crippen LogP contribution in [0.15, 0.2) is 53.5 Å². The molecule has 0 fully saturated rings. The molecule has 2 rings (SSSR count). The molecule has 138 valence electrons. The van der Waals surface area contributed by atoms with Crippen LogP contribution in [0.25, 0.3) is 0 Å². The molecular formula is C19H24N4O3. The SMILES string of the molecule is CCNC(=NCC(=O)Nc1ccccc1)Nc1ccc(OC)c(OC)c1. The molecule has 0 atom stereocenters. The quantitative estimate of drug-likeness (QED) is 0.525. The molecule has 7 heteroatoms. The first-order chi connectivity index (χ1) is 12.7. The molecule has 0 aliphatic rings. The number of nitrogens with one attached hydrogen (secondary N) is 3. The van der Waals surface area contributed by atoms with E-state index in [-0.39, 0.29) is 12.5 Å². The van der Waals surface area contributed by atoms with Gasteiger partial charge < -0.3 is 25.4 Å². The maximum Gasteiger partial charge on any atom is 0.246 e. The Bertz CT molecular complexity index is 748. The predicted octanol–water partition coefficient (Wildman–Crippen LogP) is 2.72. The average molecular weight is 356 g/mol. The first kappa shape index (κ1) is 19.1. The summed E-state index contributed by atoms with van der Waals surface area (Å²) in [5.41, 5.74) is 1.51. The minimum absolute atomic E-state index is 0.00246. The highest BCUT2D eigenvalue weighted by atomic mass is 16.5. The third-order valence-electron chi connectivity index (χ3n) is 3.43. The van der Waals surface area contributed by atoms with Gasteiger partial charge >= 0.3 is 0 Å². The Morgan fingerprint density at radius 3 is 2.35 bits per heavy atom. The van der Waals surface area contributed by atoms with Crippen LogP contribution < -0.4 is 25.4 Å². The Hall–Kier alpha value is -3.22. The summed E-state index contributed by atoms with van der Waals surface area (Å²) < 4.78 is 10.5. The molecule has 3 N–H and O–H groups in total. The molecule has 0 bridgehead atoms. The lowest BCUT2D eigenvalue weighted by molar-refractivity contribution is -0.114. The molecule has 2 aromatic carbocycles. The standard InChI is InChI=1S/C19H24N4O3/c1-4-20-19(21-13-18(24)22-14-8-6-5-7-9-14)23-15-10-11-16(25-2)17(12-15)26-3/h5-12H,4,13H2,1-3H3,(H,22,24)(H2,20,21,23). The van der Waals surface area contributed by atoms with E-state index in [0.29, 0.717) is 24.0 Å². The van der Waals surface area contributed by atoms with E-state index in [1.807, 2.05) is 43.3 Å². The van der Waals surface area contributed by atoms with Crippen LogP contribution >= 0.6 is 0 Å². The van der Waals surface area contributed by atoms with Crippen molar-refractivity contribution >= 4 is 23.2 Å². The summed E-state index contributed by atoms with van der Waals surface area (Å²) in [6.45, 7) is 2.62. The van der Waals surface area contributed by atoms with Crippen LogP contribution in [0.1, 0.15) is 6.92 Å². The summed E-state index contributed by atoms with van der Waals surface area (Å²) in [5, 5.41) is 9.05. The molecule has 0 unspecified atom stereocenters. The van der Waals surface area contributed by atoms with Gasteiger partial charge in [0.05, 0.1) is 14.2 Å². The van der Waals surface area contributed by atoms with E-state index in [1.165, 1.54) is 0 Å². The number of benzene rings is 2. The number of rotatable bonds is 7. The van der Waals surface area contributed by atoms with E-state index in [0.717, 1.165) is 11.4 Å². The number of guanidine groups is 1. The van der Waals surface area contributed by atoms with E-state index < -0.39 is 0 Å². The molecule has 2 aromatic rings. The van der Waals surface area contributed by atoms with E-state index in [2.05, 4.69) is 20.9 Å². The number of aliphatic imine (C=N–C) groups is 1. The maximum atomic E-state index is 12.0. The van der Waals surface area contributed by atoms with E-state index in [9.17, 15) is 4.79 Å². The first-order valence-corrected chi connectivity index (χ1v) is 8.28. The van der Waals surface area contributed by atoms with E-state index in [4.69, 9.17) is 9.47 Å². The zero-order valence-electron chi connectivity index (χ0n) is 15.2. The third kappa shape index (κ3) is 5.70. The molecular weight excluding hydrogens is 332 g/mol. The Kier molecular flexibility index (Phi) is 7.30. The molecule has 0 radical (unpaired) electrons.